The van der Waals surface area contributed by atoms with Crippen LogP contribution < -0.4 is 34.7 Å². The Morgan fingerprint density at radius 2 is 1.12 bits per heavy atom. The summed E-state index contributed by atoms with van der Waals surface area (Å²) >= 11 is 3.33. The Bertz CT molecular complexity index is 406. The van der Waals surface area contributed by atoms with Gasteiger partial charge in [0.2, 0.25) is 0 Å². The minimum absolute atomic E-state index is 0. The number of halogens is 3. The number of aliphatic carboxylic acids is 1. The molecule has 0 aliphatic carbocycles. The van der Waals surface area contributed by atoms with E-state index in [1.54, 1.807) is 0 Å². The summed E-state index contributed by atoms with van der Waals surface area (Å²) in [7, 11) is 0. The van der Waals surface area contributed by atoms with E-state index < -0.39 is 5.97 Å². The SMILES string of the molecule is CCCCCCC(=O)OC(=O)CCCCCC.CCCCCCC(I)C(=O)[O-].[Cl][K].[K][Br].[Na+]. The summed E-state index contributed by atoms with van der Waals surface area (Å²) in [6.07, 6.45) is 14.3. The Labute approximate surface area is 311 Å². The first kappa shape index (κ1) is 47.2. The van der Waals surface area contributed by atoms with Gasteiger partial charge in [-0.1, -0.05) is 108 Å². The number of hydrogen-bond acceptors (Lipinski definition) is 5. The van der Waals surface area contributed by atoms with Gasteiger partial charge in [0.15, 0.2) is 0 Å². The molecule has 33 heavy (non-hydrogen) atoms. The van der Waals surface area contributed by atoms with Crippen molar-refractivity contribution in [3.8, 4) is 0 Å². The zero-order valence-corrected chi connectivity index (χ0v) is 34.6. The quantitative estimate of drug-likeness (QED) is 0.0610. The fourth-order valence-electron chi connectivity index (χ4n) is 2.49. The van der Waals surface area contributed by atoms with Crippen molar-refractivity contribution >= 4 is 143 Å². The van der Waals surface area contributed by atoms with Crippen molar-refractivity contribution in [1.29, 1.82) is 0 Å². The van der Waals surface area contributed by atoms with Gasteiger partial charge in [-0.15, -0.1) is 0 Å². The van der Waals surface area contributed by atoms with Gasteiger partial charge in [0.1, 0.15) is 0 Å². The van der Waals surface area contributed by atoms with Crippen molar-refractivity contribution in [2.45, 2.75) is 121 Å². The fourth-order valence-corrected chi connectivity index (χ4v) is 2.93. The van der Waals surface area contributed by atoms with Gasteiger partial charge in [-0.2, -0.15) is 0 Å². The summed E-state index contributed by atoms with van der Waals surface area (Å²) in [6.45, 7) is 9.51. The third kappa shape index (κ3) is 46.6. The van der Waals surface area contributed by atoms with Gasteiger partial charge in [0, 0.05) is 12.8 Å². The second kappa shape index (κ2) is 43.4. The number of carbonyl (C=O) groups is 3. The predicted molar refractivity (Wildman–Crippen MR) is 146 cm³/mol. The molecule has 0 N–H and O–H groups in total. The summed E-state index contributed by atoms with van der Waals surface area (Å²) in [4.78, 5) is 32.8. The van der Waals surface area contributed by atoms with Crippen LogP contribution in [-0.4, -0.2) is 114 Å². The van der Waals surface area contributed by atoms with E-state index in [4.69, 9.17) is 8.50 Å². The number of unbranched alkanes of at least 4 members (excludes halogenated alkanes) is 9. The van der Waals surface area contributed by atoms with Crippen molar-refractivity contribution in [2.75, 3.05) is 0 Å². The molecule has 0 saturated heterocycles. The summed E-state index contributed by atoms with van der Waals surface area (Å²) < 4.78 is 9.26. The molecular formula is C22H40BrClIK2NaO5. The monoisotopic (exact) mass is 726 g/mol. The van der Waals surface area contributed by atoms with Gasteiger partial charge in [-0.05, 0) is 19.3 Å². The maximum atomic E-state index is 11.3. The summed E-state index contributed by atoms with van der Waals surface area (Å²) in [6, 6.07) is 0. The molecule has 11 heteroatoms. The van der Waals surface area contributed by atoms with Crippen LogP contribution >= 0.6 is 33.0 Å². The van der Waals surface area contributed by atoms with E-state index in [-0.39, 0.29) is 45.4 Å². The van der Waals surface area contributed by atoms with Crippen LogP contribution in [0.4, 0.5) is 0 Å². The number of hydrogen-bond donors (Lipinski definition) is 0. The maximum Gasteiger partial charge on any atom is 1.00 e. The van der Waals surface area contributed by atoms with Crippen LogP contribution in [0.5, 0.6) is 0 Å². The number of alkyl halides is 1. The number of ether oxygens (including phenoxy) is 1. The Balaban J connectivity index is -0.000000142. The predicted octanol–water partition coefficient (Wildman–Crippen LogP) is 3.28. The summed E-state index contributed by atoms with van der Waals surface area (Å²) in [5.74, 6) is -1.65. The Morgan fingerprint density at radius 3 is 1.42 bits per heavy atom. The van der Waals surface area contributed by atoms with Gasteiger partial charge < -0.3 is 14.6 Å². The van der Waals surface area contributed by atoms with Crippen molar-refractivity contribution in [3.05, 3.63) is 0 Å². The van der Waals surface area contributed by atoms with E-state index in [0.717, 1.165) is 116 Å². The van der Waals surface area contributed by atoms with Gasteiger partial charge in [-0.25, -0.2) is 0 Å². The van der Waals surface area contributed by atoms with Crippen LogP contribution in [-0.2, 0) is 19.1 Å². The number of carboxylic acid groups (broad SMARTS) is 1. The smallest absolute Gasteiger partial charge is 1.00 e. The minimum atomic E-state index is -0.929. The molecule has 0 aromatic heterocycles. The molecule has 0 aliphatic rings. The largest absolute Gasteiger partial charge is 1.00 e. The van der Waals surface area contributed by atoms with Crippen molar-refractivity contribution < 1.29 is 53.8 Å². The van der Waals surface area contributed by atoms with Crippen molar-refractivity contribution in [3.63, 3.8) is 0 Å². The molecule has 1 atom stereocenters. The third-order valence-corrected chi connectivity index (χ3v) is 5.39. The minimum Gasteiger partial charge on any atom is 1.00 e. The van der Waals surface area contributed by atoms with E-state index in [1.807, 2.05) is 22.6 Å². The van der Waals surface area contributed by atoms with E-state index in [1.165, 1.54) is 12.8 Å². The van der Waals surface area contributed by atoms with E-state index in [0.29, 0.717) is 60.0 Å². The van der Waals surface area contributed by atoms with Crippen molar-refractivity contribution in [2.24, 2.45) is 0 Å². The van der Waals surface area contributed by atoms with Crippen LogP contribution in [0.25, 0.3) is 0 Å². The van der Waals surface area contributed by atoms with E-state index in [2.05, 4.69) is 27.4 Å². The zero-order chi connectivity index (χ0) is 25.6. The maximum absolute atomic E-state index is 11.3. The number of carboxylic acids is 1. The van der Waals surface area contributed by atoms with Crippen molar-refractivity contribution in [1.82, 2.24) is 0 Å². The average molecular weight is 728 g/mol. The first-order valence-electron chi connectivity index (χ1n) is 11.7. The molecule has 0 heterocycles. The fraction of sp³-hybridized carbons (Fsp3) is 0.864. The second-order valence-electron chi connectivity index (χ2n) is 7.10. The molecule has 0 aliphatic heterocycles. The Kier molecular flexibility index (Phi) is 62.1. The molecule has 0 saturated carbocycles. The number of esters is 2. The standard InChI is InChI=1S/C14H26O3.C8H15IO2.BrH.ClH.2K.Na/c1-3-5-7-9-11-13(15)17-14(16)12-10-8-6-4-2;1-2-3-4-5-6-7(9)8(10)11;;;;;/h3-12H2,1-2H3;7H,2-6H2,1H3,(H,10,11);2*1H;;;/q;;;;3*+1/p-3. The van der Waals surface area contributed by atoms with Crippen LogP contribution in [0.3, 0.4) is 0 Å². The molecule has 182 valence electrons. The topological polar surface area (TPSA) is 83.5 Å². The van der Waals surface area contributed by atoms with Gasteiger partial charge in [0.25, 0.3) is 0 Å². The molecule has 1 unspecified atom stereocenters. The van der Waals surface area contributed by atoms with Crippen LogP contribution in [0.15, 0.2) is 0 Å². The molecule has 5 nitrogen and oxygen atoms in total. The Hall–Kier alpha value is 4.38. The third-order valence-electron chi connectivity index (χ3n) is 4.26. The van der Waals surface area contributed by atoms with Crippen LogP contribution in [0.1, 0.15) is 117 Å². The normalized spacial score (nSPS) is 10.0. The first-order valence-corrected chi connectivity index (χ1v) is 25.0. The molecule has 0 rings (SSSR count). The molecular weight excluding hydrogens is 688 g/mol. The van der Waals surface area contributed by atoms with E-state index >= 15 is 0 Å². The zero-order valence-electron chi connectivity index (χ0n) is 21.9. The molecule has 0 bridgehead atoms. The Morgan fingerprint density at radius 1 is 0.788 bits per heavy atom. The molecule has 0 radical (unpaired) electrons. The van der Waals surface area contributed by atoms with E-state index in [9.17, 15) is 19.5 Å². The average Bonchev–Trinajstić information content (AvgIpc) is 2.80. The second-order valence-corrected chi connectivity index (χ2v) is 8.61. The molecule has 0 aromatic carbocycles. The number of rotatable bonds is 16. The molecule has 0 spiro atoms. The van der Waals surface area contributed by atoms with Gasteiger partial charge in [-0.3, -0.25) is 9.59 Å². The van der Waals surface area contributed by atoms with Gasteiger partial charge >= 0.3 is 144 Å². The first-order chi connectivity index (χ1) is 15.4. The summed E-state index contributed by atoms with van der Waals surface area (Å²) in [5, 5.41) is 10.2. The summed E-state index contributed by atoms with van der Waals surface area (Å²) in [5.41, 5.74) is 0. The molecule has 0 fully saturated rings. The molecule has 0 aromatic rings. The van der Waals surface area contributed by atoms with Crippen LogP contribution in [0, 0.1) is 0 Å². The molecule has 0 amide bonds. The van der Waals surface area contributed by atoms with Crippen LogP contribution in [0.2, 0.25) is 0 Å². The van der Waals surface area contributed by atoms with Gasteiger partial charge in [0.05, 0.1) is 9.89 Å². The number of carbonyl (C=O) groups excluding carboxylic acids is 3.